The SMILES string of the molecule is Oc1ccccc1CC1COC(C2CCCNC2)=N1. The molecule has 102 valence electrons. The molecule has 0 bridgehead atoms. The molecule has 2 aliphatic rings. The molecule has 1 fully saturated rings. The van der Waals surface area contributed by atoms with E-state index >= 15 is 0 Å². The summed E-state index contributed by atoms with van der Waals surface area (Å²) in [5.41, 5.74) is 0.947. The van der Waals surface area contributed by atoms with E-state index in [2.05, 4.69) is 5.32 Å². The zero-order chi connectivity index (χ0) is 13.1. The van der Waals surface area contributed by atoms with E-state index in [1.54, 1.807) is 6.07 Å². The smallest absolute Gasteiger partial charge is 0.188 e. The highest BCUT2D eigenvalue weighted by atomic mass is 16.5. The molecule has 19 heavy (non-hydrogen) atoms. The van der Waals surface area contributed by atoms with Gasteiger partial charge in [-0.05, 0) is 31.0 Å². The molecule has 0 spiro atoms. The summed E-state index contributed by atoms with van der Waals surface area (Å²) in [6.45, 7) is 2.72. The molecular formula is C15H20N2O2. The number of nitrogens with zero attached hydrogens (tertiary/aromatic N) is 1. The Kier molecular flexibility index (Phi) is 3.69. The summed E-state index contributed by atoms with van der Waals surface area (Å²) in [4.78, 5) is 4.69. The van der Waals surface area contributed by atoms with Crippen LogP contribution >= 0.6 is 0 Å². The maximum atomic E-state index is 9.79. The largest absolute Gasteiger partial charge is 0.508 e. The van der Waals surface area contributed by atoms with Crippen LogP contribution in [-0.4, -0.2) is 36.7 Å². The lowest BCUT2D eigenvalue weighted by molar-refractivity contribution is 0.284. The number of para-hydroxylation sites is 1. The Bertz CT molecular complexity index is 467. The maximum absolute atomic E-state index is 9.79. The molecule has 2 aliphatic heterocycles. The first-order valence-corrected chi connectivity index (χ1v) is 7.01. The van der Waals surface area contributed by atoms with Crippen molar-refractivity contribution in [1.29, 1.82) is 0 Å². The summed E-state index contributed by atoms with van der Waals surface area (Å²) in [6, 6.07) is 7.60. The first kappa shape index (κ1) is 12.5. The van der Waals surface area contributed by atoms with Crippen molar-refractivity contribution in [3.63, 3.8) is 0 Å². The number of rotatable bonds is 3. The minimum atomic E-state index is 0.144. The van der Waals surface area contributed by atoms with Gasteiger partial charge in [0.25, 0.3) is 0 Å². The number of benzene rings is 1. The van der Waals surface area contributed by atoms with Crippen LogP contribution in [0.5, 0.6) is 5.75 Å². The minimum Gasteiger partial charge on any atom is -0.508 e. The fraction of sp³-hybridized carbons (Fsp3) is 0.533. The van der Waals surface area contributed by atoms with Crippen molar-refractivity contribution >= 4 is 5.90 Å². The summed E-state index contributed by atoms with van der Waals surface area (Å²) in [5, 5.41) is 13.2. The van der Waals surface area contributed by atoms with Crippen LogP contribution in [0.15, 0.2) is 29.3 Å². The van der Waals surface area contributed by atoms with Gasteiger partial charge in [0, 0.05) is 18.9 Å². The molecule has 0 saturated carbocycles. The topological polar surface area (TPSA) is 53.9 Å². The highest BCUT2D eigenvalue weighted by molar-refractivity contribution is 5.80. The van der Waals surface area contributed by atoms with E-state index in [9.17, 15) is 5.11 Å². The van der Waals surface area contributed by atoms with Gasteiger partial charge in [-0.1, -0.05) is 18.2 Å². The van der Waals surface area contributed by atoms with Crippen LogP contribution in [0.3, 0.4) is 0 Å². The highest BCUT2D eigenvalue weighted by Gasteiger charge is 2.27. The predicted molar refractivity (Wildman–Crippen MR) is 74.6 cm³/mol. The molecule has 3 rings (SSSR count). The van der Waals surface area contributed by atoms with Crippen molar-refractivity contribution in [2.45, 2.75) is 25.3 Å². The van der Waals surface area contributed by atoms with E-state index in [0.717, 1.165) is 37.4 Å². The Morgan fingerprint density at radius 3 is 3.05 bits per heavy atom. The molecule has 4 heteroatoms. The van der Waals surface area contributed by atoms with Crippen molar-refractivity contribution in [2.24, 2.45) is 10.9 Å². The maximum Gasteiger partial charge on any atom is 0.188 e. The lowest BCUT2D eigenvalue weighted by atomic mass is 9.99. The first-order valence-electron chi connectivity index (χ1n) is 7.01. The van der Waals surface area contributed by atoms with Crippen LogP contribution in [0, 0.1) is 5.92 Å². The Balaban J connectivity index is 1.64. The zero-order valence-corrected chi connectivity index (χ0v) is 11.0. The Morgan fingerprint density at radius 1 is 1.37 bits per heavy atom. The van der Waals surface area contributed by atoms with Gasteiger partial charge in [0.05, 0.1) is 6.04 Å². The molecule has 0 aromatic heterocycles. The quantitative estimate of drug-likeness (QED) is 0.870. The molecule has 0 amide bonds. The molecule has 2 unspecified atom stereocenters. The summed E-state index contributed by atoms with van der Waals surface area (Å²) in [7, 11) is 0. The number of ether oxygens (including phenoxy) is 1. The van der Waals surface area contributed by atoms with Gasteiger partial charge in [-0.15, -0.1) is 0 Å². The van der Waals surface area contributed by atoms with Crippen LogP contribution in [-0.2, 0) is 11.2 Å². The van der Waals surface area contributed by atoms with Crippen LogP contribution < -0.4 is 5.32 Å². The molecule has 1 aromatic carbocycles. The minimum absolute atomic E-state index is 0.144. The third-order valence-corrected chi connectivity index (χ3v) is 3.83. The number of nitrogens with one attached hydrogen (secondary N) is 1. The number of phenolic OH excluding ortho intramolecular Hbond substituents is 1. The number of aliphatic imine (C=N–C) groups is 1. The number of hydrogen-bond acceptors (Lipinski definition) is 4. The lowest BCUT2D eigenvalue weighted by Crippen LogP contribution is -2.34. The van der Waals surface area contributed by atoms with Crippen LogP contribution in [0.1, 0.15) is 18.4 Å². The second-order valence-corrected chi connectivity index (χ2v) is 5.31. The molecule has 4 nitrogen and oxygen atoms in total. The summed E-state index contributed by atoms with van der Waals surface area (Å²) >= 11 is 0. The molecule has 0 aliphatic carbocycles. The molecule has 1 aromatic rings. The molecular weight excluding hydrogens is 240 g/mol. The van der Waals surface area contributed by atoms with E-state index in [1.165, 1.54) is 6.42 Å². The van der Waals surface area contributed by atoms with Crippen LogP contribution in [0.4, 0.5) is 0 Å². The molecule has 1 saturated heterocycles. The fourth-order valence-corrected chi connectivity index (χ4v) is 2.76. The van der Waals surface area contributed by atoms with E-state index in [1.807, 2.05) is 18.2 Å². The number of aromatic hydroxyl groups is 1. The monoisotopic (exact) mass is 260 g/mol. The Morgan fingerprint density at radius 2 is 2.26 bits per heavy atom. The van der Waals surface area contributed by atoms with Crippen LogP contribution in [0.25, 0.3) is 0 Å². The first-order chi connectivity index (χ1) is 9.33. The van der Waals surface area contributed by atoms with Crippen molar-refractivity contribution in [1.82, 2.24) is 5.32 Å². The standard InChI is InChI=1S/C15H20N2O2/c18-14-6-2-1-4-11(14)8-13-10-19-15(17-13)12-5-3-7-16-9-12/h1-2,4,6,12-13,16,18H,3,5,7-10H2. The average molecular weight is 260 g/mol. The second-order valence-electron chi connectivity index (χ2n) is 5.31. The van der Waals surface area contributed by atoms with E-state index in [4.69, 9.17) is 9.73 Å². The number of piperidine rings is 1. The molecule has 2 heterocycles. The number of phenols is 1. The summed E-state index contributed by atoms with van der Waals surface area (Å²) in [5.74, 6) is 1.70. The number of hydrogen-bond donors (Lipinski definition) is 2. The average Bonchev–Trinajstić information content (AvgIpc) is 2.91. The van der Waals surface area contributed by atoms with Crippen molar-refractivity contribution in [3.8, 4) is 5.75 Å². The van der Waals surface area contributed by atoms with Crippen LogP contribution in [0.2, 0.25) is 0 Å². The van der Waals surface area contributed by atoms with Gasteiger partial charge in [-0.3, -0.25) is 0 Å². The summed E-state index contributed by atoms with van der Waals surface area (Å²) in [6.07, 6.45) is 3.10. The van der Waals surface area contributed by atoms with E-state index in [0.29, 0.717) is 18.3 Å². The van der Waals surface area contributed by atoms with Gasteiger partial charge in [0.1, 0.15) is 12.4 Å². The Hall–Kier alpha value is -1.55. The molecule has 0 radical (unpaired) electrons. The van der Waals surface area contributed by atoms with Gasteiger partial charge >= 0.3 is 0 Å². The molecule has 2 N–H and O–H groups in total. The normalized spacial score (nSPS) is 26.8. The van der Waals surface area contributed by atoms with Gasteiger partial charge in [-0.25, -0.2) is 4.99 Å². The zero-order valence-electron chi connectivity index (χ0n) is 11.0. The van der Waals surface area contributed by atoms with Gasteiger partial charge in [0.15, 0.2) is 5.90 Å². The predicted octanol–water partition coefficient (Wildman–Crippen LogP) is 1.73. The van der Waals surface area contributed by atoms with Crippen molar-refractivity contribution in [3.05, 3.63) is 29.8 Å². The van der Waals surface area contributed by atoms with Crippen molar-refractivity contribution < 1.29 is 9.84 Å². The highest BCUT2D eigenvalue weighted by Crippen LogP contribution is 2.23. The van der Waals surface area contributed by atoms with Gasteiger partial charge < -0.3 is 15.2 Å². The second kappa shape index (κ2) is 5.61. The van der Waals surface area contributed by atoms with E-state index < -0.39 is 0 Å². The molecule has 2 atom stereocenters. The van der Waals surface area contributed by atoms with Gasteiger partial charge in [0.2, 0.25) is 0 Å². The van der Waals surface area contributed by atoms with E-state index in [-0.39, 0.29) is 6.04 Å². The fourth-order valence-electron chi connectivity index (χ4n) is 2.76. The summed E-state index contributed by atoms with van der Waals surface area (Å²) < 4.78 is 5.75. The third-order valence-electron chi connectivity index (χ3n) is 3.83. The Labute approximate surface area is 113 Å². The van der Waals surface area contributed by atoms with Gasteiger partial charge in [-0.2, -0.15) is 0 Å². The van der Waals surface area contributed by atoms with Crippen molar-refractivity contribution in [2.75, 3.05) is 19.7 Å². The lowest BCUT2D eigenvalue weighted by Gasteiger charge is -2.21. The third kappa shape index (κ3) is 2.89.